The minimum Gasteiger partial charge on any atom is -0.458 e. The number of ether oxygens (including phenoxy) is 6. The molecule has 0 unspecified atom stereocenters. The van der Waals surface area contributed by atoms with Crippen LogP contribution in [0.5, 0.6) is 0 Å². The standard InChI is InChI=1S/C41H66N2O9Si/c1-31(2)26-39(44)43-23-22-33(4)27-34(5)38-28-32(3)16-12-10-14-18-37(52-41(42)46)36(50-29-47-6)21-20-35(17-13-11-15-19-40(45)51-38)49-30-48-24-25-53(7,8)9/h10,12,15-16,19-23,26-27,34-38H,11,13-14,17-18,24-25,28-30H2,1-9H3,(H2,42,46)(H,43,44)/t34-,35-,36-,37-,38-/m1/s1. The van der Waals surface area contributed by atoms with Gasteiger partial charge in [0, 0.05) is 52.5 Å². The van der Waals surface area contributed by atoms with E-state index in [0.29, 0.717) is 38.7 Å². The second kappa shape index (κ2) is 27.1. The Morgan fingerprint density at radius 3 is 2.51 bits per heavy atom. The highest BCUT2D eigenvalue weighted by molar-refractivity contribution is 6.76. The van der Waals surface area contributed by atoms with Crippen LogP contribution in [-0.4, -0.2) is 77.8 Å². The first-order valence-electron chi connectivity index (χ1n) is 18.5. The lowest BCUT2D eigenvalue weighted by Gasteiger charge is -2.24. The molecule has 1 rings (SSSR count). The lowest BCUT2D eigenvalue weighted by molar-refractivity contribution is -0.144. The molecule has 3 N–H and O–H groups in total. The van der Waals surface area contributed by atoms with Crippen molar-refractivity contribution in [3.05, 3.63) is 83.7 Å². The fourth-order valence-electron chi connectivity index (χ4n) is 5.17. The summed E-state index contributed by atoms with van der Waals surface area (Å²) in [6.45, 7) is 17.3. The van der Waals surface area contributed by atoms with Gasteiger partial charge in [0.1, 0.15) is 31.9 Å². The molecule has 11 nitrogen and oxygen atoms in total. The predicted molar refractivity (Wildman–Crippen MR) is 213 cm³/mol. The van der Waals surface area contributed by atoms with Gasteiger partial charge in [0.2, 0.25) is 5.91 Å². The highest BCUT2D eigenvalue weighted by atomic mass is 28.3. The molecule has 2 amide bonds. The van der Waals surface area contributed by atoms with E-state index in [9.17, 15) is 14.4 Å². The van der Waals surface area contributed by atoms with E-state index in [1.54, 1.807) is 6.20 Å². The van der Waals surface area contributed by atoms with Crippen molar-refractivity contribution < 1.29 is 42.8 Å². The van der Waals surface area contributed by atoms with E-state index in [1.807, 2.05) is 83.2 Å². The molecule has 0 saturated heterocycles. The Balaban J connectivity index is 3.28. The molecule has 0 radical (unpaired) electrons. The maximum Gasteiger partial charge on any atom is 0.404 e. The molecule has 0 bridgehead atoms. The summed E-state index contributed by atoms with van der Waals surface area (Å²) in [5, 5.41) is 2.73. The highest BCUT2D eigenvalue weighted by Gasteiger charge is 2.24. The van der Waals surface area contributed by atoms with Gasteiger partial charge < -0.3 is 39.5 Å². The van der Waals surface area contributed by atoms with Gasteiger partial charge >= 0.3 is 12.1 Å². The highest BCUT2D eigenvalue weighted by Crippen LogP contribution is 2.21. The number of nitrogens with two attached hydrogens (primary N) is 1. The van der Waals surface area contributed by atoms with Crippen LogP contribution < -0.4 is 11.1 Å². The van der Waals surface area contributed by atoms with E-state index in [1.165, 1.54) is 19.3 Å². The predicted octanol–water partition coefficient (Wildman–Crippen LogP) is 8.20. The normalized spacial score (nSPS) is 22.1. The van der Waals surface area contributed by atoms with E-state index >= 15 is 0 Å². The monoisotopic (exact) mass is 758 g/mol. The number of carbonyl (C=O) groups excluding carboxylic acids is 3. The number of hydrogen-bond acceptors (Lipinski definition) is 9. The molecule has 0 spiro atoms. The summed E-state index contributed by atoms with van der Waals surface area (Å²) >= 11 is 0. The summed E-state index contributed by atoms with van der Waals surface area (Å²) in [5.41, 5.74) is 8.31. The van der Waals surface area contributed by atoms with Gasteiger partial charge in [0.25, 0.3) is 0 Å². The first-order valence-corrected chi connectivity index (χ1v) is 22.2. The molecule has 0 saturated carbocycles. The lowest BCUT2D eigenvalue weighted by Crippen LogP contribution is -2.35. The number of allylic oxidation sites excluding steroid dienone is 7. The number of cyclic esters (lactones) is 1. The van der Waals surface area contributed by atoms with Crippen LogP contribution >= 0.6 is 0 Å². The molecule has 1 aliphatic rings. The quantitative estimate of drug-likeness (QED) is 0.0321. The molecule has 0 fully saturated rings. The number of carbonyl (C=O) groups is 3. The molecule has 1 heterocycles. The smallest absolute Gasteiger partial charge is 0.404 e. The Hall–Kier alpha value is -3.55. The van der Waals surface area contributed by atoms with E-state index in [4.69, 9.17) is 34.2 Å². The number of hydrogen-bond donors (Lipinski definition) is 2. The van der Waals surface area contributed by atoms with Crippen LogP contribution in [0.1, 0.15) is 73.1 Å². The van der Waals surface area contributed by atoms with Gasteiger partial charge in [-0.1, -0.05) is 85.8 Å². The van der Waals surface area contributed by atoms with E-state index in [-0.39, 0.29) is 31.5 Å². The number of rotatable bonds is 15. The third-order valence-corrected chi connectivity index (χ3v) is 9.74. The molecule has 0 aromatic heterocycles. The second-order valence-corrected chi connectivity index (χ2v) is 20.4. The van der Waals surface area contributed by atoms with Crippen molar-refractivity contribution in [3.63, 3.8) is 0 Å². The van der Waals surface area contributed by atoms with Crippen molar-refractivity contribution in [2.75, 3.05) is 27.3 Å². The van der Waals surface area contributed by atoms with Crippen LogP contribution in [0.15, 0.2) is 83.7 Å². The Morgan fingerprint density at radius 2 is 1.83 bits per heavy atom. The van der Waals surface area contributed by atoms with Crippen molar-refractivity contribution in [1.82, 2.24) is 5.32 Å². The van der Waals surface area contributed by atoms with Crippen LogP contribution in [-0.2, 0) is 38.0 Å². The van der Waals surface area contributed by atoms with Gasteiger partial charge in [0.05, 0.1) is 6.10 Å². The van der Waals surface area contributed by atoms with Crippen molar-refractivity contribution in [3.8, 4) is 0 Å². The zero-order chi connectivity index (χ0) is 39.6. The Kier molecular flexibility index (Phi) is 24.3. The maximum atomic E-state index is 13.0. The summed E-state index contributed by atoms with van der Waals surface area (Å²) in [6, 6.07) is 1.03. The van der Waals surface area contributed by atoms with E-state index in [0.717, 1.165) is 29.2 Å². The third-order valence-electron chi connectivity index (χ3n) is 8.03. The minimum absolute atomic E-state index is 0.00491. The van der Waals surface area contributed by atoms with Crippen molar-refractivity contribution in [2.24, 2.45) is 11.7 Å². The fourth-order valence-corrected chi connectivity index (χ4v) is 5.92. The minimum atomic E-state index is -1.24. The molecule has 0 aromatic carbocycles. The Labute approximate surface area is 319 Å². The number of esters is 1. The van der Waals surface area contributed by atoms with Crippen LogP contribution in [0, 0.1) is 5.92 Å². The van der Waals surface area contributed by atoms with Gasteiger partial charge in [-0.25, -0.2) is 9.59 Å². The molecule has 53 heavy (non-hydrogen) atoms. The van der Waals surface area contributed by atoms with E-state index < -0.39 is 38.4 Å². The summed E-state index contributed by atoms with van der Waals surface area (Å²) in [7, 11) is 0.282. The Bertz CT molecular complexity index is 1320. The average Bonchev–Trinajstić information content (AvgIpc) is 3.05. The van der Waals surface area contributed by atoms with Gasteiger partial charge in [-0.15, -0.1) is 0 Å². The van der Waals surface area contributed by atoms with Crippen LogP contribution in [0.25, 0.3) is 0 Å². The van der Waals surface area contributed by atoms with Crippen molar-refractivity contribution in [2.45, 2.75) is 123 Å². The van der Waals surface area contributed by atoms with E-state index in [2.05, 4.69) is 25.0 Å². The first-order chi connectivity index (χ1) is 25.1. The molecule has 0 aromatic rings. The summed E-state index contributed by atoms with van der Waals surface area (Å²) in [6.07, 6.45) is 20.5. The molecule has 12 heteroatoms. The molecular formula is C41H66N2O9Si. The van der Waals surface area contributed by atoms with Gasteiger partial charge in [0.15, 0.2) is 0 Å². The second-order valence-electron chi connectivity index (χ2n) is 14.8. The summed E-state index contributed by atoms with van der Waals surface area (Å²) in [4.78, 5) is 36.9. The largest absolute Gasteiger partial charge is 0.458 e. The summed E-state index contributed by atoms with van der Waals surface area (Å²) < 4.78 is 34.5. The molecule has 5 atom stereocenters. The molecule has 0 aliphatic carbocycles. The van der Waals surface area contributed by atoms with Crippen LogP contribution in [0.4, 0.5) is 4.79 Å². The average molecular weight is 759 g/mol. The first kappa shape index (κ1) is 47.5. The molecular weight excluding hydrogens is 693 g/mol. The third kappa shape index (κ3) is 25.2. The van der Waals surface area contributed by atoms with Crippen LogP contribution in [0.2, 0.25) is 25.7 Å². The van der Waals surface area contributed by atoms with Crippen molar-refractivity contribution >= 4 is 26.0 Å². The zero-order valence-corrected chi connectivity index (χ0v) is 34.6. The number of nitrogens with one attached hydrogen (secondary N) is 1. The fraction of sp³-hybridized carbons (Fsp3) is 0.585. The molecule has 1 aliphatic heterocycles. The zero-order valence-electron chi connectivity index (χ0n) is 33.6. The lowest BCUT2D eigenvalue weighted by atomic mass is 9.95. The molecule has 298 valence electrons. The van der Waals surface area contributed by atoms with Gasteiger partial charge in [-0.3, -0.25) is 4.79 Å². The number of amides is 2. The maximum absolute atomic E-state index is 13.0. The topological polar surface area (TPSA) is 145 Å². The van der Waals surface area contributed by atoms with Gasteiger partial charge in [-0.05, 0) is 71.9 Å². The van der Waals surface area contributed by atoms with Crippen molar-refractivity contribution in [1.29, 1.82) is 0 Å². The van der Waals surface area contributed by atoms with Crippen LogP contribution in [0.3, 0.4) is 0 Å². The van der Waals surface area contributed by atoms with Gasteiger partial charge in [-0.2, -0.15) is 0 Å². The number of primary amides is 1. The number of methoxy groups -OCH3 is 1. The SMILES string of the molecule is COCO[C@@H]1C=C[C@H](OCOCC[Si](C)(C)C)CCCC=CC(=O)O[C@@H]([C@H](C)C=C(C)C=CNC(=O)C=C(C)C)CC(C)=CC=CCC[C@H]1OC(N)=O. The Morgan fingerprint density at radius 1 is 1.08 bits per heavy atom. The summed E-state index contributed by atoms with van der Waals surface area (Å²) in [5.74, 6) is -0.718.